The average molecular weight is 293 g/mol. The van der Waals surface area contributed by atoms with Crippen molar-refractivity contribution >= 4 is 15.7 Å². The van der Waals surface area contributed by atoms with E-state index < -0.39 is 37.1 Å². The summed E-state index contributed by atoms with van der Waals surface area (Å²) in [6.45, 7) is 0. The minimum absolute atomic E-state index is 0.0426. The second-order valence-electron chi connectivity index (χ2n) is 4.39. The van der Waals surface area contributed by atoms with Crippen LogP contribution in [0.1, 0.15) is 18.4 Å². The van der Waals surface area contributed by atoms with Crippen molar-refractivity contribution in [3.8, 4) is 0 Å². The molecule has 0 bridgehead atoms. The molecule has 104 valence electrons. The minimum Gasteiger partial charge on any atom is -0.368 e. The molecule has 1 amide bonds. The maximum absolute atomic E-state index is 12.5. The topological polar surface area (TPSA) is 77.2 Å². The molecule has 0 aliphatic heterocycles. The van der Waals surface area contributed by atoms with Crippen molar-refractivity contribution in [1.29, 1.82) is 0 Å². The fraction of sp³-hybridized carbons (Fsp3) is 0.364. The van der Waals surface area contributed by atoms with Crippen molar-refractivity contribution in [1.82, 2.24) is 0 Å². The molecule has 2 rings (SSSR count). The largest absolute Gasteiger partial charge is 0.416 e. The van der Waals surface area contributed by atoms with Gasteiger partial charge in [0, 0.05) is 0 Å². The molecule has 1 aliphatic rings. The SMILES string of the molecule is NC(=O)C1(S(=O)(=O)c2cccc(C(F)(F)F)c2)CC1. The summed E-state index contributed by atoms with van der Waals surface area (Å²) in [7, 11) is -4.18. The molecule has 8 heteroatoms. The number of carbonyl (C=O) groups is 1. The van der Waals surface area contributed by atoms with E-state index in [0.29, 0.717) is 6.07 Å². The molecule has 1 aromatic rings. The van der Waals surface area contributed by atoms with Crippen molar-refractivity contribution in [2.45, 2.75) is 28.7 Å². The van der Waals surface area contributed by atoms with Crippen molar-refractivity contribution in [3.63, 3.8) is 0 Å². The number of hydrogen-bond acceptors (Lipinski definition) is 3. The van der Waals surface area contributed by atoms with Gasteiger partial charge in [-0.3, -0.25) is 4.79 Å². The summed E-state index contributed by atoms with van der Waals surface area (Å²) in [6.07, 6.45) is -4.56. The molecule has 0 heterocycles. The Balaban J connectivity index is 2.52. The second-order valence-corrected chi connectivity index (χ2v) is 6.65. The number of primary amides is 1. The Morgan fingerprint density at radius 1 is 1.26 bits per heavy atom. The lowest BCUT2D eigenvalue weighted by Crippen LogP contribution is -2.38. The molecule has 1 fully saturated rings. The molecule has 1 aliphatic carbocycles. The van der Waals surface area contributed by atoms with E-state index in [9.17, 15) is 26.4 Å². The van der Waals surface area contributed by atoms with Gasteiger partial charge in [0.25, 0.3) is 0 Å². The molecule has 0 atom stereocenters. The normalized spacial score (nSPS) is 18.1. The van der Waals surface area contributed by atoms with Gasteiger partial charge in [-0.2, -0.15) is 13.2 Å². The van der Waals surface area contributed by atoms with Crippen LogP contribution >= 0.6 is 0 Å². The number of carbonyl (C=O) groups excluding carboxylic acids is 1. The van der Waals surface area contributed by atoms with Gasteiger partial charge in [-0.05, 0) is 31.0 Å². The predicted octanol–water partition coefficient (Wildman–Crippen LogP) is 1.50. The molecule has 0 radical (unpaired) electrons. The third-order valence-electron chi connectivity index (χ3n) is 3.14. The Morgan fingerprint density at radius 3 is 2.26 bits per heavy atom. The van der Waals surface area contributed by atoms with Gasteiger partial charge < -0.3 is 5.73 Å². The highest BCUT2D eigenvalue weighted by Gasteiger charge is 2.60. The monoisotopic (exact) mass is 293 g/mol. The average Bonchev–Trinajstić information content (AvgIpc) is 3.09. The number of benzene rings is 1. The van der Waals surface area contributed by atoms with Gasteiger partial charge in [-0.1, -0.05) is 6.07 Å². The van der Waals surface area contributed by atoms with Gasteiger partial charge in [0.1, 0.15) is 0 Å². The van der Waals surface area contributed by atoms with E-state index in [2.05, 4.69) is 0 Å². The lowest BCUT2D eigenvalue weighted by molar-refractivity contribution is -0.137. The van der Waals surface area contributed by atoms with Crippen LogP contribution in [-0.4, -0.2) is 19.1 Å². The van der Waals surface area contributed by atoms with Crippen LogP contribution in [0.3, 0.4) is 0 Å². The Morgan fingerprint density at radius 2 is 1.84 bits per heavy atom. The number of amides is 1. The number of nitrogens with two attached hydrogens (primary N) is 1. The van der Waals surface area contributed by atoms with Gasteiger partial charge in [0.05, 0.1) is 10.5 Å². The molecular weight excluding hydrogens is 283 g/mol. The van der Waals surface area contributed by atoms with E-state index in [0.717, 1.165) is 18.2 Å². The molecule has 0 saturated heterocycles. The fourth-order valence-corrected chi connectivity index (χ4v) is 3.72. The Bertz CT molecular complexity index is 633. The van der Waals surface area contributed by atoms with E-state index in [1.54, 1.807) is 0 Å². The molecule has 0 unspecified atom stereocenters. The first-order valence-corrected chi connectivity index (χ1v) is 6.81. The summed E-state index contributed by atoms with van der Waals surface area (Å²) in [5.41, 5.74) is 3.96. The van der Waals surface area contributed by atoms with Gasteiger partial charge in [0.2, 0.25) is 5.91 Å². The Labute approximate surface area is 107 Å². The summed E-state index contributed by atoms with van der Waals surface area (Å²) in [6, 6.07) is 3.32. The summed E-state index contributed by atoms with van der Waals surface area (Å²) in [5, 5.41) is 0. The van der Waals surface area contributed by atoms with Crippen molar-refractivity contribution in [3.05, 3.63) is 29.8 Å². The fourth-order valence-electron chi connectivity index (χ4n) is 1.83. The first-order valence-electron chi connectivity index (χ1n) is 5.33. The number of hydrogen-bond donors (Lipinski definition) is 1. The van der Waals surface area contributed by atoms with Crippen LogP contribution in [-0.2, 0) is 20.8 Å². The molecule has 0 spiro atoms. The third-order valence-corrected chi connectivity index (χ3v) is 5.65. The highest BCUT2D eigenvalue weighted by molar-refractivity contribution is 7.94. The number of sulfone groups is 1. The van der Waals surface area contributed by atoms with E-state index in [-0.39, 0.29) is 12.8 Å². The first kappa shape index (κ1) is 13.9. The quantitative estimate of drug-likeness (QED) is 0.917. The lowest BCUT2D eigenvalue weighted by Gasteiger charge is -2.14. The second kappa shape index (κ2) is 3.96. The molecule has 1 aromatic carbocycles. The smallest absolute Gasteiger partial charge is 0.368 e. The summed E-state index contributed by atoms with van der Waals surface area (Å²) in [5.74, 6) is -1.02. The van der Waals surface area contributed by atoms with E-state index >= 15 is 0 Å². The van der Waals surface area contributed by atoms with Crippen LogP contribution in [0.25, 0.3) is 0 Å². The summed E-state index contributed by atoms with van der Waals surface area (Å²) < 4.78 is 60.2. The minimum atomic E-state index is -4.64. The number of halogens is 3. The van der Waals surface area contributed by atoms with Gasteiger partial charge in [-0.15, -0.1) is 0 Å². The Kier molecular flexibility index (Phi) is 2.89. The van der Waals surface area contributed by atoms with Crippen molar-refractivity contribution in [2.75, 3.05) is 0 Å². The van der Waals surface area contributed by atoms with Crippen LogP contribution in [0.5, 0.6) is 0 Å². The van der Waals surface area contributed by atoms with Crippen LogP contribution < -0.4 is 5.73 Å². The Hall–Kier alpha value is -1.57. The van der Waals surface area contributed by atoms with E-state index in [1.165, 1.54) is 0 Å². The zero-order chi connectivity index (χ0) is 14.5. The molecular formula is C11H10F3NO3S. The molecule has 2 N–H and O–H groups in total. The van der Waals surface area contributed by atoms with Crippen LogP contribution in [0.2, 0.25) is 0 Å². The van der Waals surface area contributed by atoms with E-state index in [4.69, 9.17) is 5.73 Å². The maximum atomic E-state index is 12.5. The molecule has 4 nitrogen and oxygen atoms in total. The zero-order valence-electron chi connectivity index (χ0n) is 9.57. The number of rotatable bonds is 3. The van der Waals surface area contributed by atoms with Gasteiger partial charge in [0.15, 0.2) is 14.6 Å². The predicted molar refractivity (Wildman–Crippen MR) is 59.8 cm³/mol. The summed E-state index contributed by atoms with van der Waals surface area (Å²) >= 11 is 0. The van der Waals surface area contributed by atoms with Gasteiger partial charge in [-0.25, -0.2) is 8.42 Å². The highest BCUT2D eigenvalue weighted by Crippen LogP contribution is 2.47. The van der Waals surface area contributed by atoms with Crippen molar-refractivity contribution < 1.29 is 26.4 Å². The molecule has 1 saturated carbocycles. The highest BCUT2D eigenvalue weighted by atomic mass is 32.2. The van der Waals surface area contributed by atoms with E-state index in [1.807, 2.05) is 0 Å². The van der Waals surface area contributed by atoms with Gasteiger partial charge >= 0.3 is 6.18 Å². The van der Waals surface area contributed by atoms with Crippen LogP contribution in [0, 0.1) is 0 Å². The molecule has 19 heavy (non-hydrogen) atoms. The van der Waals surface area contributed by atoms with Crippen molar-refractivity contribution in [2.24, 2.45) is 5.73 Å². The third kappa shape index (κ3) is 2.09. The van der Waals surface area contributed by atoms with Crippen LogP contribution in [0.15, 0.2) is 29.2 Å². The number of alkyl halides is 3. The molecule has 0 aromatic heterocycles. The maximum Gasteiger partial charge on any atom is 0.416 e. The zero-order valence-corrected chi connectivity index (χ0v) is 10.4. The first-order chi connectivity index (χ1) is 8.61. The van der Waals surface area contributed by atoms with Crippen LogP contribution in [0.4, 0.5) is 13.2 Å². The lowest BCUT2D eigenvalue weighted by atomic mass is 10.2. The summed E-state index contributed by atoms with van der Waals surface area (Å²) in [4.78, 5) is 10.7. The standard InChI is InChI=1S/C11H10F3NO3S/c12-11(13,14)7-2-1-3-8(6-7)19(17,18)10(4-5-10)9(15)16/h1-3,6H,4-5H2,(H2,15,16).